The van der Waals surface area contributed by atoms with Gasteiger partial charge in [0.15, 0.2) is 11.9 Å². The van der Waals surface area contributed by atoms with Crippen LogP contribution in [0.15, 0.2) is 71.1 Å². The van der Waals surface area contributed by atoms with Crippen LogP contribution >= 0.6 is 11.6 Å². The highest BCUT2D eigenvalue weighted by Gasteiger charge is 2.25. The number of fused-ring (bicyclic) bond motifs is 1. The van der Waals surface area contributed by atoms with Gasteiger partial charge in [0.1, 0.15) is 11.3 Å². The van der Waals surface area contributed by atoms with Gasteiger partial charge in [0.25, 0.3) is 5.91 Å². The van der Waals surface area contributed by atoms with Gasteiger partial charge in [0.2, 0.25) is 5.78 Å². The maximum absolute atomic E-state index is 13.1. The topological polar surface area (TPSA) is 68.5 Å². The average molecular weight is 448 g/mol. The fourth-order valence-electron chi connectivity index (χ4n) is 3.55. The zero-order valence-corrected chi connectivity index (χ0v) is 18.7. The first kappa shape index (κ1) is 21.7. The molecule has 0 spiro atoms. The van der Waals surface area contributed by atoms with Crippen molar-refractivity contribution >= 4 is 39.9 Å². The first-order chi connectivity index (χ1) is 15.3. The molecule has 0 aliphatic carbocycles. The SMILES string of the molecule is Cc1cc(C)cc(O[C@@H](C)C(=O)Nc2c(C(=O)c3ccc(Cl)cc3)oc3ccccc23)c1. The van der Waals surface area contributed by atoms with Crippen molar-refractivity contribution in [1.29, 1.82) is 0 Å². The zero-order valence-electron chi connectivity index (χ0n) is 17.9. The molecule has 5 nitrogen and oxygen atoms in total. The first-order valence-corrected chi connectivity index (χ1v) is 10.6. The summed E-state index contributed by atoms with van der Waals surface area (Å²) in [4.78, 5) is 26.1. The van der Waals surface area contributed by atoms with Crippen LogP contribution in [0.3, 0.4) is 0 Å². The maximum atomic E-state index is 13.1. The van der Waals surface area contributed by atoms with E-state index in [1.54, 1.807) is 49.4 Å². The van der Waals surface area contributed by atoms with Crippen LogP contribution in [-0.4, -0.2) is 17.8 Å². The summed E-state index contributed by atoms with van der Waals surface area (Å²) >= 11 is 5.94. The van der Waals surface area contributed by atoms with Gasteiger partial charge in [0.05, 0.1) is 5.69 Å². The van der Waals surface area contributed by atoms with Gasteiger partial charge in [0, 0.05) is 16.0 Å². The number of para-hydroxylation sites is 1. The molecule has 1 amide bonds. The average Bonchev–Trinajstić information content (AvgIpc) is 3.11. The van der Waals surface area contributed by atoms with Gasteiger partial charge in [-0.05, 0) is 80.4 Å². The Morgan fingerprint density at radius 3 is 2.31 bits per heavy atom. The number of ether oxygens (including phenoxy) is 1. The second-order valence-corrected chi connectivity index (χ2v) is 8.15. The molecular formula is C26H22ClNO4. The Hall–Kier alpha value is -3.57. The molecule has 0 aliphatic heterocycles. The largest absolute Gasteiger partial charge is 0.481 e. The Morgan fingerprint density at radius 2 is 1.62 bits per heavy atom. The molecule has 4 rings (SSSR count). The summed E-state index contributed by atoms with van der Waals surface area (Å²) in [5, 5.41) is 4.00. The van der Waals surface area contributed by atoms with E-state index in [0.717, 1.165) is 11.1 Å². The van der Waals surface area contributed by atoms with Gasteiger partial charge >= 0.3 is 0 Å². The van der Waals surface area contributed by atoms with Gasteiger partial charge in [-0.25, -0.2) is 0 Å². The van der Waals surface area contributed by atoms with Crippen LogP contribution in [0.5, 0.6) is 5.75 Å². The van der Waals surface area contributed by atoms with E-state index in [4.69, 9.17) is 20.8 Å². The minimum Gasteiger partial charge on any atom is -0.481 e. The van der Waals surface area contributed by atoms with Gasteiger partial charge < -0.3 is 14.5 Å². The molecule has 1 N–H and O–H groups in total. The standard InChI is InChI=1S/C26H22ClNO4/c1-15-12-16(2)14-20(13-15)31-17(3)26(30)28-23-21-6-4-5-7-22(21)32-25(23)24(29)18-8-10-19(27)11-9-18/h4-14,17H,1-3H3,(H,28,30)/t17-/m0/s1. The molecule has 3 aromatic carbocycles. The highest BCUT2D eigenvalue weighted by atomic mass is 35.5. The second-order valence-electron chi connectivity index (χ2n) is 7.71. The molecule has 32 heavy (non-hydrogen) atoms. The summed E-state index contributed by atoms with van der Waals surface area (Å²) in [6.07, 6.45) is -0.789. The van der Waals surface area contributed by atoms with E-state index in [1.807, 2.05) is 38.1 Å². The molecule has 6 heteroatoms. The van der Waals surface area contributed by atoms with E-state index < -0.39 is 6.10 Å². The monoisotopic (exact) mass is 447 g/mol. The Kier molecular flexibility index (Phi) is 6.01. The molecular weight excluding hydrogens is 426 g/mol. The molecule has 1 heterocycles. The second kappa shape index (κ2) is 8.89. The molecule has 0 aliphatic rings. The number of halogens is 1. The maximum Gasteiger partial charge on any atom is 0.265 e. The van der Waals surface area contributed by atoms with Crippen LogP contribution in [0.1, 0.15) is 34.2 Å². The molecule has 0 saturated heterocycles. The van der Waals surface area contributed by atoms with E-state index in [1.165, 1.54) is 0 Å². The zero-order chi connectivity index (χ0) is 22.8. The quantitative estimate of drug-likeness (QED) is 0.350. The number of rotatable bonds is 6. The molecule has 162 valence electrons. The molecule has 1 atom stereocenters. The number of hydrogen-bond acceptors (Lipinski definition) is 4. The van der Waals surface area contributed by atoms with Crippen LogP contribution in [0.2, 0.25) is 5.02 Å². The van der Waals surface area contributed by atoms with E-state index in [2.05, 4.69) is 5.32 Å². The van der Waals surface area contributed by atoms with Gasteiger partial charge in [-0.15, -0.1) is 0 Å². The van der Waals surface area contributed by atoms with Crippen molar-refractivity contribution in [2.45, 2.75) is 26.9 Å². The van der Waals surface area contributed by atoms with Crippen LogP contribution < -0.4 is 10.1 Å². The fourth-order valence-corrected chi connectivity index (χ4v) is 3.67. The minimum atomic E-state index is -0.789. The lowest BCUT2D eigenvalue weighted by molar-refractivity contribution is -0.122. The number of nitrogens with one attached hydrogen (secondary N) is 1. The lowest BCUT2D eigenvalue weighted by atomic mass is 10.1. The van der Waals surface area contributed by atoms with Crippen molar-refractivity contribution < 1.29 is 18.7 Å². The van der Waals surface area contributed by atoms with Crippen LogP contribution in [0, 0.1) is 13.8 Å². The fraction of sp³-hybridized carbons (Fsp3) is 0.154. The number of carbonyl (C=O) groups excluding carboxylic acids is 2. The Balaban J connectivity index is 1.64. The molecule has 0 fully saturated rings. The third-order valence-corrected chi connectivity index (χ3v) is 5.29. The predicted octanol–water partition coefficient (Wildman–Crippen LogP) is 6.34. The number of anilines is 1. The normalized spacial score (nSPS) is 11.9. The Labute approximate surface area is 191 Å². The molecule has 4 aromatic rings. The molecule has 1 aromatic heterocycles. The smallest absolute Gasteiger partial charge is 0.265 e. The predicted molar refractivity (Wildman–Crippen MR) is 126 cm³/mol. The summed E-state index contributed by atoms with van der Waals surface area (Å²) in [6.45, 7) is 5.60. The minimum absolute atomic E-state index is 0.0560. The lowest BCUT2D eigenvalue weighted by Gasteiger charge is -2.16. The number of carbonyl (C=O) groups is 2. The van der Waals surface area contributed by atoms with E-state index in [9.17, 15) is 9.59 Å². The van der Waals surface area contributed by atoms with E-state index >= 15 is 0 Å². The Morgan fingerprint density at radius 1 is 0.969 bits per heavy atom. The number of ketones is 1. The summed E-state index contributed by atoms with van der Waals surface area (Å²) in [6, 6.07) is 19.5. The molecule has 0 bridgehead atoms. The van der Waals surface area contributed by atoms with Crippen LogP contribution in [-0.2, 0) is 4.79 Å². The summed E-state index contributed by atoms with van der Waals surface area (Å²) in [5.74, 6) is -0.0722. The summed E-state index contributed by atoms with van der Waals surface area (Å²) in [7, 11) is 0. The third-order valence-electron chi connectivity index (χ3n) is 5.03. The number of furan rings is 1. The Bertz CT molecular complexity index is 1290. The van der Waals surface area contributed by atoms with Gasteiger partial charge in [-0.3, -0.25) is 9.59 Å². The van der Waals surface area contributed by atoms with Crippen molar-refractivity contribution in [3.05, 3.63) is 94.2 Å². The first-order valence-electron chi connectivity index (χ1n) is 10.2. The summed E-state index contributed by atoms with van der Waals surface area (Å²) < 4.78 is 11.7. The van der Waals surface area contributed by atoms with Crippen LogP contribution in [0.4, 0.5) is 5.69 Å². The number of benzene rings is 3. The van der Waals surface area contributed by atoms with E-state index in [0.29, 0.717) is 33.0 Å². The van der Waals surface area contributed by atoms with Crippen molar-refractivity contribution in [3.63, 3.8) is 0 Å². The lowest BCUT2D eigenvalue weighted by Crippen LogP contribution is -2.30. The van der Waals surface area contributed by atoms with Gasteiger partial charge in [-0.2, -0.15) is 0 Å². The molecule has 0 saturated carbocycles. The highest BCUT2D eigenvalue weighted by Crippen LogP contribution is 2.33. The van der Waals surface area contributed by atoms with Gasteiger partial charge in [-0.1, -0.05) is 29.8 Å². The molecule has 0 radical (unpaired) electrons. The van der Waals surface area contributed by atoms with Crippen molar-refractivity contribution in [2.24, 2.45) is 0 Å². The highest BCUT2D eigenvalue weighted by molar-refractivity contribution is 6.30. The van der Waals surface area contributed by atoms with Crippen LogP contribution in [0.25, 0.3) is 11.0 Å². The van der Waals surface area contributed by atoms with Crippen molar-refractivity contribution in [1.82, 2.24) is 0 Å². The number of aryl methyl sites for hydroxylation is 2. The number of hydrogen-bond donors (Lipinski definition) is 1. The summed E-state index contributed by atoms with van der Waals surface area (Å²) in [5.41, 5.74) is 3.32. The molecule has 0 unspecified atom stereocenters. The van der Waals surface area contributed by atoms with Crippen molar-refractivity contribution in [2.75, 3.05) is 5.32 Å². The van der Waals surface area contributed by atoms with Crippen molar-refractivity contribution in [3.8, 4) is 5.75 Å². The third kappa shape index (κ3) is 4.53. The van der Waals surface area contributed by atoms with E-state index in [-0.39, 0.29) is 17.5 Å². The number of amides is 1.